The van der Waals surface area contributed by atoms with Crippen molar-refractivity contribution in [3.8, 4) is 0 Å². The van der Waals surface area contributed by atoms with E-state index in [2.05, 4.69) is 27.7 Å². The summed E-state index contributed by atoms with van der Waals surface area (Å²) in [5.74, 6) is -0.282. The lowest BCUT2D eigenvalue weighted by Gasteiger charge is -2.30. The van der Waals surface area contributed by atoms with E-state index >= 15 is 0 Å². The Morgan fingerprint density at radius 3 is 2.63 bits per heavy atom. The standard InChI is InChI=1S/C23H26N2O3S.ClH/c1-16-8-9-17-19(26)14-21(28-20(17)13-16)23(27)24-15-18(22-7-6-12-29-22)25-10-4-2-3-5-11-25;/h6-9,12-14,18H,2-5,10-11,15H2,1H3,(H,24,27);1H. The molecule has 5 nitrogen and oxygen atoms in total. The number of rotatable bonds is 5. The van der Waals surface area contributed by atoms with Gasteiger partial charge in [-0.15, -0.1) is 23.7 Å². The molecule has 1 aromatic carbocycles. The minimum Gasteiger partial charge on any atom is -0.451 e. The van der Waals surface area contributed by atoms with Crippen molar-refractivity contribution in [3.63, 3.8) is 0 Å². The van der Waals surface area contributed by atoms with E-state index in [-0.39, 0.29) is 35.5 Å². The molecule has 1 aliphatic rings. The lowest BCUT2D eigenvalue weighted by molar-refractivity contribution is 0.0907. The van der Waals surface area contributed by atoms with Gasteiger partial charge in [-0.25, -0.2) is 0 Å². The summed E-state index contributed by atoms with van der Waals surface area (Å²) >= 11 is 1.72. The summed E-state index contributed by atoms with van der Waals surface area (Å²) in [6, 6.07) is 11.0. The number of amides is 1. The fourth-order valence-corrected chi connectivity index (χ4v) is 4.81. The van der Waals surface area contributed by atoms with Crippen LogP contribution in [0.3, 0.4) is 0 Å². The van der Waals surface area contributed by atoms with Crippen LogP contribution in [0, 0.1) is 6.92 Å². The van der Waals surface area contributed by atoms with Crippen molar-refractivity contribution in [1.29, 1.82) is 0 Å². The van der Waals surface area contributed by atoms with Gasteiger partial charge >= 0.3 is 0 Å². The van der Waals surface area contributed by atoms with E-state index in [0.717, 1.165) is 18.7 Å². The zero-order valence-electron chi connectivity index (χ0n) is 17.1. The molecule has 3 aromatic rings. The van der Waals surface area contributed by atoms with Crippen molar-refractivity contribution in [1.82, 2.24) is 10.2 Å². The topological polar surface area (TPSA) is 62.6 Å². The Hall–Kier alpha value is -2.15. The molecule has 1 N–H and O–H groups in total. The number of carbonyl (C=O) groups excluding carboxylic acids is 1. The molecule has 1 amide bonds. The van der Waals surface area contributed by atoms with Crippen molar-refractivity contribution in [3.05, 3.63) is 68.2 Å². The number of fused-ring (bicyclic) bond motifs is 1. The number of hydrogen-bond donors (Lipinski definition) is 1. The molecule has 0 saturated carbocycles. The Balaban J connectivity index is 0.00000256. The number of likely N-dealkylation sites (tertiary alicyclic amines) is 1. The number of hydrogen-bond acceptors (Lipinski definition) is 5. The maximum absolute atomic E-state index is 12.8. The Morgan fingerprint density at radius 2 is 1.93 bits per heavy atom. The summed E-state index contributed by atoms with van der Waals surface area (Å²) in [7, 11) is 0. The maximum atomic E-state index is 12.8. The molecule has 1 fully saturated rings. The first kappa shape index (κ1) is 22.5. The zero-order valence-corrected chi connectivity index (χ0v) is 18.7. The number of thiophene rings is 1. The average molecular weight is 447 g/mol. The second-order valence-electron chi connectivity index (χ2n) is 7.67. The van der Waals surface area contributed by atoms with E-state index in [1.54, 1.807) is 23.5 Å². The highest BCUT2D eigenvalue weighted by atomic mass is 35.5. The first-order valence-electron chi connectivity index (χ1n) is 10.2. The molecule has 1 saturated heterocycles. The van der Waals surface area contributed by atoms with Crippen LogP contribution in [0.2, 0.25) is 0 Å². The van der Waals surface area contributed by atoms with Crippen LogP contribution in [0.25, 0.3) is 11.0 Å². The lowest BCUT2D eigenvalue weighted by atomic mass is 10.1. The predicted molar refractivity (Wildman–Crippen MR) is 124 cm³/mol. The van der Waals surface area contributed by atoms with Crippen LogP contribution in [-0.4, -0.2) is 30.4 Å². The normalized spacial score (nSPS) is 15.9. The summed E-state index contributed by atoms with van der Waals surface area (Å²) in [6.45, 7) is 4.51. The summed E-state index contributed by atoms with van der Waals surface area (Å²) in [6.07, 6.45) is 4.91. The molecule has 30 heavy (non-hydrogen) atoms. The van der Waals surface area contributed by atoms with Gasteiger partial charge in [0.15, 0.2) is 11.2 Å². The SMILES string of the molecule is Cc1ccc2c(=O)cc(C(=O)NCC(c3cccs3)N3CCCCCC3)oc2c1.Cl. The molecular weight excluding hydrogens is 420 g/mol. The zero-order chi connectivity index (χ0) is 20.2. The highest BCUT2D eigenvalue weighted by Crippen LogP contribution is 2.27. The quantitative estimate of drug-likeness (QED) is 0.603. The first-order valence-corrected chi connectivity index (χ1v) is 11.1. The number of halogens is 1. The molecular formula is C23H27ClN2O3S. The largest absolute Gasteiger partial charge is 0.451 e. The molecule has 3 heterocycles. The molecule has 7 heteroatoms. The van der Waals surface area contributed by atoms with Gasteiger partial charge < -0.3 is 9.73 Å². The van der Waals surface area contributed by atoms with E-state index in [9.17, 15) is 9.59 Å². The van der Waals surface area contributed by atoms with Crippen LogP contribution >= 0.6 is 23.7 Å². The molecule has 160 valence electrons. The maximum Gasteiger partial charge on any atom is 0.287 e. The number of nitrogens with zero attached hydrogens (tertiary/aromatic N) is 1. The van der Waals surface area contributed by atoms with Crippen molar-refractivity contribution in [2.75, 3.05) is 19.6 Å². The fraction of sp³-hybridized carbons (Fsp3) is 0.391. The molecule has 2 aromatic heterocycles. The average Bonchev–Trinajstić information content (AvgIpc) is 3.10. The summed E-state index contributed by atoms with van der Waals surface area (Å²) < 4.78 is 5.75. The summed E-state index contributed by atoms with van der Waals surface area (Å²) in [5.41, 5.74) is 1.24. The van der Waals surface area contributed by atoms with Gasteiger partial charge in [-0.05, 0) is 62.0 Å². The number of nitrogens with one attached hydrogen (secondary N) is 1. The van der Waals surface area contributed by atoms with Crippen molar-refractivity contribution in [2.24, 2.45) is 0 Å². The van der Waals surface area contributed by atoms with Crippen LogP contribution in [0.15, 0.2) is 51.0 Å². The van der Waals surface area contributed by atoms with Gasteiger partial charge in [-0.1, -0.05) is 25.0 Å². The Bertz CT molecular complexity index is 1040. The Labute approximate surface area is 186 Å². The van der Waals surface area contributed by atoms with Gasteiger partial charge in [-0.3, -0.25) is 14.5 Å². The summed E-state index contributed by atoms with van der Waals surface area (Å²) in [4.78, 5) is 28.9. The lowest BCUT2D eigenvalue weighted by Crippen LogP contribution is -2.38. The van der Waals surface area contributed by atoms with Gasteiger partial charge in [0, 0.05) is 17.5 Å². The Morgan fingerprint density at radius 1 is 1.17 bits per heavy atom. The van der Waals surface area contributed by atoms with Crippen LogP contribution in [0.1, 0.15) is 52.7 Å². The molecule has 0 radical (unpaired) electrons. The molecule has 1 atom stereocenters. The van der Waals surface area contributed by atoms with Crippen molar-refractivity contribution < 1.29 is 9.21 Å². The van der Waals surface area contributed by atoms with Crippen LogP contribution in [0.5, 0.6) is 0 Å². The molecule has 0 bridgehead atoms. The number of carbonyl (C=O) groups is 1. The van der Waals surface area contributed by atoms with Crippen LogP contribution in [-0.2, 0) is 0 Å². The van der Waals surface area contributed by atoms with Gasteiger partial charge in [0.2, 0.25) is 0 Å². The van der Waals surface area contributed by atoms with Crippen molar-refractivity contribution in [2.45, 2.75) is 38.6 Å². The molecule has 4 rings (SSSR count). The van der Waals surface area contributed by atoms with E-state index in [1.807, 2.05) is 13.0 Å². The third-order valence-corrected chi connectivity index (χ3v) is 6.49. The third-order valence-electron chi connectivity index (χ3n) is 5.52. The smallest absolute Gasteiger partial charge is 0.287 e. The van der Waals surface area contributed by atoms with Crippen LogP contribution < -0.4 is 10.7 Å². The van der Waals surface area contributed by atoms with E-state index in [1.165, 1.54) is 36.6 Å². The molecule has 0 aliphatic carbocycles. The molecule has 1 unspecified atom stereocenters. The highest BCUT2D eigenvalue weighted by Gasteiger charge is 2.24. The number of aryl methyl sites for hydroxylation is 1. The first-order chi connectivity index (χ1) is 14.1. The molecule has 0 spiro atoms. The summed E-state index contributed by atoms with van der Waals surface area (Å²) in [5, 5.41) is 5.57. The number of benzene rings is 1. The Kier molecular flexibility index (Phi) is 7.69. The van der Waals surface area contributed by atoms with Gasteiger partial charge in [-0.2, -0.15) is 0 Å². The van der Waals surface area contributed by atoms with Crippen LogP contribution in [0.4, 0.5) is 0 Å². The predicted octanol–water partition coefficient (Wildman–Crippen LogP) is 4.93. The van der Waals surface area contributed by atoms with Gasteiger partial charge in [0.05, 0.1) is 11.4 Å². The monoisotopic (exact) mass is 446 g/mol. The van der Waals surface area contributed by atoms with E-state index < -0.39 is 0 Å². The van der Waals surface area contributed by atoms with E-state index in [0.29, 0.717) is 17.5 Å². The third kappa shape index (κ3) is 5.12. The van der Waals surface area contributed by atoms with E-state index in [4.69, 9.17) is 4.42 Å². The molecule has 1 aliphatic heterocycles. The van der Waals surface area contributed by atoms with Gasteiger partial charge in [0.1, 0.15) is 5.58 Å². The minimum atomic E-state index is -0.345. The highest BCUT2D eigenvalue weighted by molar-refractivity contribution is 7.10. The van der Waals surface area contributed by atoms with Gasteiger partial charge in [0.25, 0.3) is 5.91 Å². The minimum absolute atomic E-state index is 0. The van der Waals surface area contributed by atoms with Crippen molar-refractivity contribution >= 4 is 40.6 Å². The second-order valence-corrected chi connectivity index (χ2v) is 8.65. The fourth-order valence-electron chi connectivity index (χ4n) is 3.95. The second kappa shape index (κ2) is 10.2.